The minimum atomic E-state index is -0.106. The van der Waals surface area contributed by atoms with Crippen LogP contribution in [0.4, 0.5) is 0 Å². The summed E-state index contributed by atoms with van der Waals surface area (Å²) in [6.45, 7) is 0.352. The van der Waals surface area contributed by atoms with Gasteiger partial charge in [-0.3, -0.25) is 4.79 Å². The first-order valence-corrected chi connectivity index (χ1v) is 5.51. The Morgan fingerprint density at radius 3 is 2.67 bits per heavy atom. The molecule has 0 bridgehead atoms. The van der Waals surface area contributed by atoms with E-state index in [0.717, 1.165) is 11.3 Å². The van der Waals surface area contributed by atoms with Gasteiger partial charge in [0.25, 0.3) is 0 Å². The lowest BCUT2D eigenvalue weighted by Crippen LogP contribution is -2.29. The fourth-order valence-corrected chi connectivity index (χ4v) is 1.37. The topological polar surface area (TPSA) is 96.9 Å². The van der Waals surface area contributed by atoms with Gasteiger partial charge in [-0.05, 0) is 17.7 Å². The van der Waals surface area contributed by atoms with Crippen molar-refractivity contribution in [1.82, 2.24) is 5.32 Å². The molecule has 18 heavy (non-hydrogen) atoms. The molecule has 0 radical (unpaired) electrons. The molecule has 0 saturated heterocycles. The van der Waals surface area contributed by atoms with Gasteiger partial charge < -0.3 is 21.0 Å². The lowest BCUT2D eigenvalue weighted by molar-refractivity contribution is -0.120. The number of nitrogens with two attached hydrogens (primary N) is 1. The molecule has 0 heterocycles. The molecule has 0 aromatic heterocycles. The minimum absolute atomic E-state index is 0.0970. The first-order chi connectivity index (χ1) is 8.65. The SMILES string of the molecule is COc1ccc(CC(=O)NCCC(N)=NO)cc1. The van der Waals surface area contributed by atoms with E-state index in [1.165, 1.54) is 0 Å². The van der Waals surface area contributed by atoms with E-state index in [2.05, 4.69) is 10.5 Å². The number of nitrogens with zero attached hydrogens (tertiary/aromatic N) is 1. The summed E-state index contributed by atoms with van der Waals surface area (Å²) in [6.07, 6.45) is 0.616. The van der Waals surface area contributed by atoms with Crippen LogP contribution < -0.4 is 15.8 Å². The van der Waals surface area contributed by atoms with Crippen LogP contribution in [0.15, 0.2) is 29.4 Å². The summed E-state index contributed by atoms with van der Waals surface area (Å²) in [5, 5.41) is 13.8. The van der Waals surface area contributed by atoms with E-state index >= 15 is 0 Å². The number of carbonyl (C=O) groups excluding carboxylic acids is 1. The molecule has 1 aromatic rings. The Kier molecular flexibility index (Phi) is 5.50. The molecule has 98 valence electrons. The highest BCUT2D eigenvalue weighted by Crippen LogP contribution is 2.11. The third-order valence-corrected chi connectivity index (χ3v) is 2.36. The van der Waals surface area contributed by atoms with E-state index in [-0.39, 0.29) is 11.7 Å². The summed E-state index contributed by atoms with van der Waals surface area (Å²) in [5.41, 5.74) is 6.18. The molecule has 4 N–H and O–H groups in total. The van der Waals surface area contributed by atoms with Crippen molar-refractivity contribution in [2.24, 2.45) is 10.9 Å². The van der Waals surface area contributed by atoms with Gasteiger partial charge in [0, 0.05) is 13.0 Å². The van der Waals surface area contributed by atoms with E-state index < -0.39 is 0 Å². The number of amides is 1. The number of carbonyl (C=O) groups is 1. The normalized spacial score (nSPS) is 11.1. The predicted octanol–water partition coefficient (Wildman–Crippen LogP) is 0.490. The maximum atomic E-state index is 11.6. The minimum Gasteiger partial charge on any atom is -0.497 e. The van der Waals surface area contributed by atoms with E-state index in [4.69, 9.17) is 15.7 Å². The Labute approximate surface area is 105 Å². The summed E-state index contributed by atoms with van der Waals surface area (Å²) in [7, 11) is 1.59. The Bertz CT molecular complexity index is 415. The number of methoxy groups -OCH3 is 1. The molecule has 0 aliphatic carbocycles. The average Bonchev–Trinajstić information content (AvgIpc) is 2.39. The first-order valence-electron chi connectivity index (χ1n) is 5.51. The smallest absolute Gasteiger partial charge is 0.224 e. The molecule has 0 fully saturated rings. The van der Waals surface area contributed by atoms with Gasteiger partial charge in [0.1, 0.15) is 11.6 Å². The van der Waals surface area contributed by atoms with Crippen molar-refractivity contribution in [2.45, 2.75) is 12.8 Å². The van der Waals surface area contributed by atoms with Crippen LogP contribution in [-0.2, 0) is 11.2 Å². The second-order valence-corrected chi connectivity index (χ2v) is 3.72. The van der Waals surface area contributed by atoms with Crippen molar-refractivity contribution in [1.29, 1.82) is 0 Å². The molecule has 6 heteroatoms. The van der Waals surface area contributed by atoms with Crippen LogP contribution >= 0.6 is 0 Å². The van der Waals surface area contributed by atoms with Crippen molar-refractivity contribution < 1.29 is 14.7 Å². The highest BCUT2D eigenvalue weighted by molar-refractivity contribution is 5.82. The van der Waals surface area contributed by atoms with Gasteiger partial charge in [0.15, 0.2) is 0 Å². The first kappa shape index (κ1) is 13.8. The zero-order valence-electron chi connectivity index (χ0n) is 10.2. The van der Waals surface area contributed by atoms with Gasteiger partial charge in [-0.25, -0.2) is 0 Å². The van der Waals surface area contributed by atoms with Crippen molar-refractivity contribution in [3.63, 3.8) is 0 Å². The number of nitrogens with one attached hydrogen (secondary N) is 1. The Morgan fingerprint density at radius 1 is 1.44 bits per heavy atom. The summed E-state index contributed by atoms with van der Waals surface area (Å²) >= 11 is 0. The van der Waals surface area contributed by atoms with Gasteiger partial charge in [0.2, 0.25) is 5.91 Å². The van der Waals surface area contributed by atoms with E-state index in [9.17, 15) is 4.79 Å². The third-order valence-electron chi connectivity index (χ3n) is 2.36. The van der Waals surface area contributed by atoms with Crippen LogP contribution in [-0.4, -0.2) is 30.6 Å². The van der Waals surface area contributed by atoms with Crippen LogP contribution in [0, 0.1) is 0 Å². The maximum absolute atomic E-state index is 11.6. The zero-order chi connectivity index (χ0) is 13.4. The molecule has 1 rings (SSSR count). The zero-order valence-corrected chi connectivity index (χ0v) is 10.2. The Hall–Kier alpha value is -2.24. The molecule has 6 nitrogen and oxygen atoms in total. The number of oxime groups is 1. The molecule has 1 amide bonds. The van der Waals surface area contributed by atoms with Crippen LogP contribution in [0.25, 0.3) is 0 Å². The van der Waals surface area contributed by atoms with Crippen LogP contribution in [0.5, 0.6) is 5.75 Å². The number of hydrogen-bond donors (Lipinski definition) is 3. The summed E-state index contributed by atoms with van der Waals surface area (Å²) in [4.78, 5) is 11.6. The van der Waals surface area contributed by atoms with Gasteiger partial charge in [-0.15, -0.1) is 0 Å². The second-order valence-electron chi connectivity index (χ2n) is 3.72. The average molecular weight is 251 g/mol. The lowest BCUT2D eigenvalue weighted by atomic mass is 10.1. The third kappa shape index (κ3) is 4.73. The van der Waals surface area contributed by atoms with Crippen molar-refractivity contribution in [2.75, 3.05) is 13.7 Å². The quantitative estimate of drug-likeness (QED) is 0.297. The van der Waals surface area contributed by atoms with Crippen molar-refractivity contribution in [3.8, 4) is 5.75 Å². The summed E-state index contributed by atoms with van der Waals surface area (Å²) in [5.74, 6) is 0.747. The standard InChI is InChI=1S/C12H17N3O3/c1-18-10-4-2-9(3-5-10)8-12(16)14-7-6-11(13)15-17/h2-5,17H,6-8H2,1H3,(H2,13,15)(H,14,16). The Balaban J connectivity index is 2.35. The summed E-state index contributed by atoms with van der Waals surface area (Å²) in [6, 6.07) is 7.28. The summed E-state index contributed by atoms with van der Waals surface area (Å²) < 4.78 is 5.03. The molecule has 0 atom stereocenters. The number of benzene rings is 1. The number of rotatable bonds is 6. The van der Waals surface area contributed by atoms with Gasteiger partial charge in [0.05, 0.1) is 13.5 Å². The molecule has 1 aromatic carbocycles. The molecular weight excluding hydrogens is 234 g/mol. The van der Waals surface area contributed by atoms with Crippen molar-refractivity contribution >= 4 is 11.7 Å². The number of amidine groups is 1. The highest BCUT2D eigenvalue weighted by Gasteiger charge is 2.03. The largest absolute Gasteiger partial charge is 0.497 e. The maximum Gasteiger partial charge on any atom is 0.224 e. The fourth-order valence-electron chi connectivity index (χ4n) is 1.37. The van der Waals surface area contributed by atoms with Gasteiger partial charge >= 0.3 is 0 Å². The number of hydrogen-bond acceptors (Lipinski definition) is 4. The van der Waals surface area contributed by atoms with Crippen molar-refractivity contribution in [3.05, 3.63) is 29.8 Å². The molecule has 0 saturated carbocycles. The van der Waals surface area contributed by atoms with E-state index in [1.54, 1.807) is 19.2 Å². The monoisotopic (exact) mass is 251 g/mol. The molecule has 0 aliphatic heterocycles. The fraction of sp³-hybridized carbons (Fsp3) is 0.333. The number of ether oxygens (including phenoxy) is 1. The van der Waals surface area contributed by atoms with Gasteiger partial charge in [-0.2, -0.15) is 0 Å². The van der Waals surface area contributed by atoms with Crippen LogP contribution in [0.3, 0.4) is 0 Å². The van der Waals surface area contributed by atoms with Crippen LogP contribution in [0.1, 0.15) is 12.0 Å². The lowest BCUT2D eigenvalue weighted by Gasteiger charge is -2.05. The molecule has 0 unspecified atom stereocenters. The predicted molar refractivity (Wildman–Crippen MR) is 67.7 cm³/mol. The molecular formula is C12H17N3O3. The Morgan fingerprint density at radius 2 is 2.11 bits per heavy atom. The highest BCUT2D eigenvalue weighted by atomic mass is 16.5. The van der Waals surface area contributed by atoms with Crippen LogP contribution in [0.2, 0.25) is 0 Å². The molecule has 0 spiro atoms. The van der Waals surface area contributed by atoms with Gasteiger partial charge in [-0.1, -0.05) is 17.3 Å². The van der Waals surface area contributed by atoms with E-state index in [1.807, 2.05) is 12.1 Å². The second kappa shape index (κ2) is 7.16. The van der Waals surface area contributed by atoms with E-state index in [0.29, 0.717) is 19.4 Å². The molecule has 0 aliphatic rings.